The van der Waals surface area contributed by atoms with E-state index in [9.17, 15) is 13.2 Å². The number of amides is 1. The summed E-state index contributed by atoms with van der Waals surface area (Å²) in [5, 5.41) is 11.2. The molecule has 2 heterocycles. The van der Waals surface area contributed by atoms with Gasteiger partial charge in [-0.1, -0.05) is 0 Å². The second-order valence-corrected chi connectivity index (χ2v) is 4.41. The number of nitrogens with two attached hydrogens (primary N) is 1. The Morgan fingerprint density at radius 2 is 2.29 bits per heavy atom. The van der Waals surface area contributed by atoms with Crippen molar-refractivity contribution in [3.05, 3.63) is 11.9 Å². The average molecular weight is 216 g/mol. The summed E-state index contributed by atoms with van der Waals surface area (Å²) in [6, 6.07) is 0. The number of nitrogens with zero attached hydrogens (tertiary/aromatic N) is 2. The highest BCUT2D eigenvalue weighted by atomic mass is 32.2. The summed E-state index contributed by atoms with van der Waals surface area (Å²) in [5.74, 6) is -0.460. The second kappa shape index (κ2) is 2.79. The van der Waals surface area contributed by atoms with Gasteiger partial charge in [-0.05, 0) is 0 Å². The molecule has 76 valence electrons. The summed E-state index contributed by atoms with van der Waals surface area (Å²) >= 11 is 0. The SMILES string of the molecule is NS(=O)(=O)c1cnn2c1C(=O)NCC2. The first kappa shape index (κ1) is 9.16. The molecule has 0 spiro atoms. The molecule has 8 heteroatoms. The molecule has 3 N–H and O–H groups in total. The molecule has 0 unspecified atom stereocenters. The molecule has 1 aliphatic heterocycles. The number of sulfonamides is 1. The van der Waals surface area contributed by atoms with Crippen molar-refractivity contribution in [2.45, 2.75) is 11.4 Å². The lowest BCUT2D eigenvalue weighted by Crippen LogP contribution is -2.36. The molecule has 7 nitrogen and oxygen atoms in total. The minimum Gasteiger partial charge on any atom is -0.349 e. The number of hydrogen-bond acceptors (Lipinski definition) is 4. The van der Waals surface area contributed by atoms with Gasteiger partial charge < -0.3 is 5.32 Å². The highest BCUT2D eigenvalue weighted by Crippen LogP contribution is 2.15. The molecule has 1 aliphatic rings. The van der Waals surface area contributed by atoms with E-state index in [1.165, 1.54) is 4.68 Å². The van der Waals surface area contributed by atoms with E-state index in [0.29, 0.717) is 13.1 Å². The Balaban J connectivity index is 2.66. The third-order valence-corrected chi connectivity index (χ3v) is 2.85. The van der Waals surface area contributed by atoms with Crippen LogP contribution in [0.15, 0.2) is 11.1 Å². The molecular weight excluding hydrogens is 208 g/mol. The normalized spacial score (nSPS) is 16.2. The maximum Gasteiger partial charge on any atom is 0.271 e. The van der Waals surface area contributed by atoms with Crippen molar-refractivity contribution in [3.8, 4) is 0 Å². The van der Waals surface area contributed by atoms with E-state index in [1.54, 1.807) is 0 Å². The van der Waals surface area contributed by atoms with Crippen molar-refractivity contribution >= 4 is 15.9 Å². The van der Waals surface area contributed by atoms with Crippen LogP contribution in [0.4, 0.5) is 0 Å². The van der Waals surface area contributed by atoms with E-state index >= 15 is 0 Å². The summed E-state index contributed by atoms with van der Waals surface area (Å²) in [5.41, 5.74) is 0.0127. The number of primary sulfonamides is 1. The summed E-state index contributed by atoms with van der Waals surface area (Å²) < 4.78 is 23.4. The Morgan fingerprint density at radius 1 is 1.57 bits per heavy atom. The number of carbonyl (C=O) groups excluding carboxylic acids is 1. The summed E-state index contributed by atoms with van der Waals surface area (Å²) in [6.07, 6.45) is 1.09. The van der Waals surface area contributed by atoms with Gasteiger partial charge in [0.1, 0.15) is 10.6 Å². The molecule has 0 radical (unpaired) electrons. The van der Waals surface area contributed by atoms with Crippen LogP contribution in [0.2, 0.25) is 0 Å². The van der Waals surface area contributed by atoms with Gasteiger partial charge in [0.2, 0.25) is 10.0 Å². The summed E-state index contributed by atoms with van der Waals surface area (Å²) in [6.45, 7) is 0.897. The Labute approximate surface area is 79.9 Å². The third-order valence-electron chi connectivity index (χ3n) is 1.94. The molecule has 0 saturated carbocycles. The molecule has 1 amide bonds. The van der Waals surface area contributed by atoms with Gasteiger partial charge in [-0.25, -0.2) is 13.6 Å². The lowest BCUT2D eigenvalue weighted by molar-refractivity contribution is 0.0920. The fourth-order valence-electron chi connectivity index (χ4n) is 1.33. The quantitative estimate of drug-likeness (QED) is 0.581. The van der Waals surface area contributed by atoms with Gasteiger partial charge in [-0.3, -0.25) is 9.48 Å². The number of rotatable bonds is 1. The zero-order chi connectivity index (χ0) is 10.3. The van der Waals surface area contributed by atoms with Crippen LogP contribution in [0.5, 0.6) is 0 Å². The van der Waals surface area contributed by atoms with Gasteiger partial charge >= 0.3 is 0 Å². The number of aromatic nitrogens is 2. The molecule has 0 bridgehead atoms. The molecule has 0 aromatic carbocycles. The van der Waals surface area contributed by atoms with Crippen molar-refractivity contribution < 1.29 is 13.2 Å². The van der Waals surface area contributed by atoms with Crippen molar-refractivity contribution in [2.75, 3.05) is 6.54 Å². The van der Waals surface area contributed by atoms with Crippen LogP contribution < -0.4 is 10.5 Å². The zero-order valence-corrected chi connectivity index (χ0v) is 7.91. The number of nitrogens with one attached hydrogen (secondary N) is 1. The van der Waals surface area contributed by atoms with Crippen LogP contribution >= 0.6 is 0 Å². The van der Waals surface area contributed by atoms with Gasteiger partial charge in [0.25, 0.3) is 5.91 Å². The molecule has 2 rings (SSSR count). The Hall–Kier alpha value is -1.41. The maximum absolute atomic E-state index is 11.3. The molecule has 0 atom stereocenters. The van der Waals surface area contributed by atoms with E-state index in [-0.39, 0.29) is 10.6 Å². The van der Waals surface area contributed by atoms with E-state index in [4.69, 9.17) is 5.14 Å². The van der Waals surface area contributed by atoms with Crippen LogP contribution in [0.25, 0.3) is 0 Å². The minimum absolute atomic E-state index is 0.0127. The predicted molar refractivity (Wildman–Crippen MR) is 45.9 cm³/mol. The van der Waals surface area contributed by atoms with E-state index in [1.807, 2.05) is 0 Å². The second-order valence-electron chi connectivity index (χ2n) is 2.88. The molecule has 0 aliphatic carbocycles. The largest absolute Gasteiger partial charge is 0.349 e. The smallest absolute Gasteiger partial charge is 0.271 e. The Kier molecular flexibility index (Phi) is 1.82. The van der Waals surface area contributed by atoms with Crippen molar-refractivity contribution in [1.82, 2.24) is 15.1 Å². The first-order valence-corrected chi connectivity index (χ1v) is 5.41. The molecular formula is C6H8N4O3S. The number of fused-ring (bicyclic) bond motifs is 1. The Bertz CT molecular complexity index is 489. The lowest BCUT2D eigenvalue weighted by atomic mass is 10.3. The molecule has 0 saturated heterocycles. The lowest BCUT2D eigenvalue weighted by Gasteiger charge is -2.14. The van der Waals surface area contributed by atoms with Crippen LogP contribution in [-0.4, -0.2) is 30.7 Å². The van der Waals surface area contributed by atoms with Crippen LogP contribution in [0.3, 0.4) is 0 Å². The van der Waals surface area contributed by atoms with Gasteiger partial charge in [0.15, 0.2) is 0 Å². The maximum atomic E-state index is 11.3. The first-order valence-electron chi connectivity index (χ1n) is 3.87. The van der Waals surface area contributed by atoms with E-state index < -0.39 is 15.9 Å². The highest BCUT2D eigenvalue weighted by Gasteiger charge is 2.27. The standard InChI is InChI=1S/C6H8N4O3S/c7-14(12,13)4-3-9-10-2-1-8-6(11)5(4)10/h3H,1-2H2,(H,8,11)(H2,7,12,13). The van der Waals surface area contributed by atoms with Crippen molar-refractivity contribution in [3.63, 3.8) is 0 Å². The molecule has 1 aromatic rings. The predicted octanol–water partition coefficient (Wildman–Crippen LogP) is -1.73. The van der Waals surface area contributed by atoms with Gasteiger partial charge in [-0.2, -0.15) is 5.10 Å². The monoisotopic (exact) mass is 216 g/mol. The fourth-order valence-corrected chi connectivity index (χ4v) is 2.00. The Morgan fingerprint density at radius 3 is 2.93 bits per heavy atom. The fraction of sp³-hybridized carbons (Fsp3) is 0.333. The van der Waals surface area contributed by atoms with Crippen LogP contribution in [0.1, 0.15) is 10.5 Å². The summed E-state index contributed by atoms with van der Waals surface area (Å²) in [7, 11) is -3.88. The van der Waals surface area contributed by atoms with Crippen molar-refractivity contribution in [2.24, 2.45) is 5.14 Å². The van der Waals surface area contributed by atoms with Gasteiger partial charge in [0, 0.05) is 6.54 Å². The topological polar surface area (TPSA) is 107 Å². The van der Waals surface area contributed by atoms with Crippen molar-refractivity contribution in [1.29, 1.82) is 0 Å². The van der Waals surface area contributed by atoms with Gasteiger partial charge in [0.05, 0.1) is 12.7 Å². The first-order chi connectivity index (χ1) is 6.50. The molecule has 14 heavy (non-hydrogen) atoms. The van der Waals surface area contributed by atoms with Gasteiger partial charge in [-0.15, -0.1) is 0 Å². The van der Waals surface area contributed by atoms with E-state index in [2.05, 4.69) is 10.4 Å². The number of carbonyl (C=O) groups is 1. The molecule has 0 fully saturated rings. The molecule has 1 aromatic heterocycles. The van der Waals surface area contributed by atoms with E-state index in [0.717, 1.165) is 6.20 Å². The highest BCUT2D eigenvalue weighted by molar-refractivity contribution is 7.89. The minimum atomic E-state index is -3.88. The zero-order valence-electron chi connectivity index (χ0n) is 7.10. The third kappa shape index (κ3) is 1.28. The van der Waals surface area contributed by atoms with Crippen LogP contribution in [-0.2, 0) is 16.6 Å². The summed E-state index contributed by atoms with van der Waals surface area (Å²) in [4.78, 5) is 11.1. The average Bonchev–Trinajstić information content (AvgIpc) is 2.47. The van der Waals surface area contributed by atoms with Crippen LogP contribution in [0, 0.1) is 0 Å². The number of hydrogen-bond donors (Lipinski definition) is 2.